The van der Waals surface area contributed by atoms with Gasteiger partial charge in [0.2, 0.25) is 12.2 Å². The van der Waals surface area contributed by atoms with Crippen molar-refractivity contribution < 1.29 is 29.7 Å². The van der Waals surface area contributed by atoms with Crippen LogP contribution in [-0.2, 0) is 14.4 Å². The SMILES string of the molecule is O=C=NC(N=C=O)c1cc(O)c(O)cc1C=CC(=O)O. The second kappa shape index (κ2) is 6.65. The number of carboxylic acids is 1. The average molecular weight is 276 g/mol. The van der Waals surface area contributed by atoms with Gasteiger partial charge < -0.3 is 15.3 Å². The highest BCUT2D eigenvalue weighted by molar-refractivity contribution is 5.85. The molecule has 102 valence electrons. The van der Waals surface area contributed by atoms with Gasteiger partial charge in [-0.25, -0.2) is 14.4 Å². The Bertz CT molecular complexity index is 636. The van der Waals surface area contributed by atoms with Crippen LogP contribution in [0, 0.1) is 0 Å². The second-order valence-corrected chi connectivity index (χ2v) is 3.46. The van der Waals surface area contributed by atoms with Crippen molar-refractivity contribution in [1.82, 2.24) is 0 Å². The molecule has 0 radical (unpaired) electrons. The van der Waals surface area contributed by atoms with Crippen molar-refractivity contribution in [3.63, 3.8) is 0 Å². The summed E-state index contributed by atoms with van der Waals surface area (Å²) in [4.78, 5) is 37.5. The maximum Gasteiger partial charge on any atom is 0.328 e. The Balaban J connectivity index is 3.48. The van der Waals surface area contributed by atoms with E-state index in [2.05, 4.69) is 9.98 Å². The lowest BCUT2D eigenvalue weighted by molar-refractivity contribution is -0.131. The van der Waals surface area contributed by atoms with Crippen LogP contribution in [-0.4, -0.2) is 33.4 Å². The van der Waals surface area contributed by atoms with E-state index in [1.165, 1.54) is 12.2 Å². The summed E-state index contributed by atoms with van der Waals surface area (Å²) in [7, 11) is 0. The van der Waals surface area contributed by atoms with Gasteiger partial charge in [-0.3, -0.25) is 0 Å². The first-order valence-electron chi connectivity index (χ1n) is 5.10. The Morgan fingerprint density at radius 2 is 1.70 bits per heavy atom. The van der Waals surface area contributed by atoms with Crippen LogP contribution in [0.2, 0.25) is 0 Å². The number of rotatable bonds is 5. The molecule has 0 saturated heterocycles. The van der Waals surface area contributed by atoms with Crippen LogP contribution in [0.25, 0.3) is 6.08 Å². The van der Waals surface area contributed by atoms with Crippen LogP contribution in [0.15, 0.2) is 28.2 Å². The molecule has 8 heteroatoms. The molecule has 1 aromatic carbocycles. The summed E-state index contributed by atoms with van der Waals surface area (Å²) in [6.45, 7) is 0. The molecule has 8 nitrogen and oxygen atoms in total. The molecule has 20 heavy (non-hydrogen) atoms. The Morgan fingerprint density at radius 3 is 2.20 bits per heavy atom. The monoisotopic (exact) mass is 276 g/mol. The zero-order valence-corrected chi connectivity index (χ0v) is 9.85. The van der Waals surface area contributed by atoms with Crippen molar-refractivity contribution in [3.8, 4) is 11.5 Å². The predicted octanol–water partition coefficient (Wildman–Crippen LogP) is 0.866. The van der Waals surface area contributed by atoms with E-state index in [4.69, 9.17) is 5.11 Å². The molecular formula is C12H8N2O6. The number of carbonyl (C=O) groups is 1. The highest BCUT2D eigenvalue weighted by atomic mass is 16.4. The predicted molar refractivity (Wildman–Crippen MR) is 65.4 cm³/mol. The summed E-state index contributed by atoms with van der Waals surface area (Å²) in [5, 5.41) is 27.4. The van der Waals surface area contributed by atoms with E-state index in [1.54, 1.807) is 0 Å². The molecule has 0 unspecified atom stereocenters. The van der Waals surface area contributed by atoms with Crippen molar-refractivity contribution in [2.24, 2.45) is 9.98 Å². The third-order valence-electron chi connectivity index (χ3n) is 2.21. The normalized spacial score (nSPS) is 11.4. The number of aromatic hydroxyl groups is 2. The topological polar surface area (TPSA) is 137 Å². The molecule has 0 aliphatic carbocycles. The molecule has 0 fully saturated rings. The van der Waals surface area contributed by atoms with E-state index < -0.39 is 23.6 Å². The maximum absolute atomic E-state index is 10.5. The van der Waals surface area contributed by atoms with E-state index in [0.717, 1.165) is 24.3 Å². The number of aliphatic carboxylic acids is 1. The largest absolute Gasteiger partial charge is 0.504 e. The van der Waals surface area contributed by atoms with Gasteiger partial charge in [0, 0.05) is 11.6 Å². The highest BCUT2D eigenvalue weighted by Gasteiger charge is 2.16. The number of carboxylic acid groups (broad SMARTS) is 1. The molecule has 0 heterocycles. The van der Waals surface area contributed by atoms with Crippen molar-refractivity contribution >= 4 is 24.2 Å². The van der Waals surface area contributed by atoms with Crippen molar-refractivity contribution in [1.29, 1.82) is 0 Å². The minimum absolute atomic E-state index is 0.0319. The van der Waals surface area contributed by atoms with Gasteiger partial charge >= 0.3 is 5.97 Å². The van der Waals surface area contributed by atoms with E-state index in [0.29, 0.717) is 0 Å². The summed E-state index contributed by atoms with van der Waals surface area (Å²) in [5.41, 5.74) is 0.134. The number of hydrogen-bond donors (Lipinski definition) is 3. The van der Waals surface area contributed by atoms with Crippen molar-refractivity contribution in [2.75, 3.05) is 0 Å². The summed E-state index contributed by atoms with van der Waals surface area (Å²) in [6, 6.07) is 2.04. The molecule has 0 aliphatic heterocycles. The van der Waals surface area contributed by atoms with Crippen LogP contribution in [0.4, 0.5) is 0 Å². The third kappa shape index (κ3) is 3.64. The molecule has 1 aromatic rings. The molecule has 3 N–H and O–H groups in total. The fourth-order valence-electron chi connectivity index (χ4n) is 1.41. The number of carbonyl (C=O) groups excluding carboxylic acids is 2. The fraction of sp³-hybridized carbons (Fsp3) is 0.0833. The summed E-state index contributed by atoms with van der Waals surface area (Å²) in [6.07, 6.45) is 2.90. The third-order valence-corrected chi connectivity index (χ3v) is 2.21. The van der Waals surface area contributed by atoms with Crippen LogP contribution in [0.1, 0.15) is 17.3 Å². The Hall–Kier alpha value is -3.21. The molecule has 0 spiro atoms. The quantitative estimate of drug-likeness (QED) is 0.316. The van der Waals surface area contributed by atoms with Crippen molar-refractivity contribution in [2.45, 2.75) is 6.17 Å². The number of phenols is 2. The van der Waals surface area contributed by atoms with Gasteiger partial charge in [-0.05, 0) is 23.8 Å². The number of isocyanates is 2. The standard InChI is InChI=1S/C12H8N2O6/c15-5-13-12(14-6-16)8-4-10(18)9(17)3-7(8)1-2-11(19)20/h1-4,12,17-18H,(H,19,20). The van der Waals surface area contributed by atoms with E-state index in [1.807, 2.05) is 0 Å². The molecule has 0 bridgehead atoms. The summed E-state index contributed by atoms with van der Waals surface area (Å²) < 4.78 is 0. The molecule has 1 rings (SSSR count). The van der Waals surface area contributed by atoms with E-state index in [-0.39, 0.29) is 11.1 Å². The van der Waals surface area contributed by atoms with Crippen LogP contribution < -0.4 is 0 Å². The second-order valence-electron chi connectivity index (χ2n) is 3.46. The Labute approximate surface area is 112 Å². The molecular weight excluding hydrogens is 268 g/mol. The number of hydrogen-bond acceptors (Lipinski definition) is 7. The fourth-order valence-corrected chi connectivity index (χ4v) is 1.41. The lowest BCUT2D eigenvalue weighted by Crippen LogP contribution is -1.96. The van der Waals surface area contributed by atoms with E-state index in [9.17, 15) is 24.6 Å². The zero-order chi connectivity index (χ0) is 15.1. The molecule has 0 amide bonds. The van der Waals surface area contributed by atoms with Crippen molar-refractivity contribution in [3.05, 3.63) is 29.3 Å². The first-order chi connectivity index (χ1) is 9.49. The van der Waals surface area contributed by atoms with Crippen LogP contribution in [0.5, 0.6) is 11.5 Å². The van der Waals surface area contributed by atoms with Gasteiger partial charge in [-0.1, -0.05) is 0 Å². The number of benzene rings is 1. The van der Waals surface area contributed by atoms with Crippen LogP contribution in [0.3, 0.4) is 0 Å². The summed E-state index contributed by atoms with van der Waals surface area (Å²) in [5.74, 6) is -2.31. The van der Waals surface area contributed by atoms with Gasteiger partial charge in [-0.15, -0.1) is 0 Å². The lowest BCUT2D eigenvalue weighted by Gasteiger charge is -2.10. The highest BCUT2D eigenvalue weighted by Crippen LogP contribution is 2.33. The number of aliphatic imine (C=N–C) groups is 2. The molecule has 0 aliphatic rings. The minimum atomic E-state index is -1.34. The molecule has 0 atom stereocenters. The van der Waals surface area contributed by atoms with Gasteiger partial charge in [-0.2, -0.15) is 9.98 Å². The zero-order valence-electron chi connectivity index (χ0n) is 9.85. The Morgan fingerprint density at radius 1 is 1.15 bits per heavy atom. The van der Waals surface area contributed by atoms with Gasteiger partial charge in [0.05, 0.1) is 0 Å². The average Bonchev–Trinajstić information content (AvgIpc) is 2.39. The molecule has 0 saturated carbocycles. The first kappa shape index (κ1) is 14.8. The maximum atomic E-state index is 10.5. The number of nitrogens with zero attached hydrogens (tertiary/aromatic N) is 2. The van der Waals surface area contributed by atoms with Crippen LogP contribution >= 0.6 is 0 Å². The minimum Gasteiger partial charge on any atom is -0.504 e. The summed E-state index contributed by atoms with van der Waals surface area (Å²) >= 11 is 0. The molecule has 0 aromatic heterocycles. The van der Waals surface area contributed by atoms with Gasteiger partial charge in [0.15, 0.2) is 17.7 Å². The first-order valence-corrected chi connectivity index (χ1v) is 5.10. The van der Waals surface area contributed by atoms with E-state index >= 15 is 0 Å². The van der Waals surface area contributed by atoms with Gasteiger partial charge in [0.25, 0.3) is 0 Å². The smallest absolute Gasteiger partial charge is 0.328 e. The van der Waals surface area contributed by atoms with Gasteiger partial charge in [0.1, 0.15) is 0 Å². The lowest BCUT2D eigenvalue weighted by atomic mass is 10.0. The Kier molecular flexibility index (Phi) is 4.94. The number of phenolic OH excluding ortho intramolecular Hbond substituents is 2.